The molecule has 3 rings (SSSR count). The van der Waals surface area contributed by atoms with E-state index in [1.165, 1.54) is 24.3 Å². The van der Waals surface area contributed by atoms with E-state index >= 15 is 0 Å². The van der Waals surface area contributed by atoms with Crippen molar-refractivity contribution in [3.63, 3.8) is 0 Å². The summed E-state index contributed by atoms with van der Waals surface area (Å²) in [5.74, 6) is -2.51. The molecule has 2 aromatic carbocycles. The van der Waals surface area contributed by atoms with Gasteiger partial charge in [0.05, 0.1) is 10.6 Å². The van der Waals surface area contributed by atoms with E-state index in [2.05, 4.69) is 10.3 Å². The number of carbonyl (C=O) groups is 1. The lowest BCUT2D eigenvalue weighted by Crippen LogP contribution is -2.12. The van der Waals surface area contributed by atoms with Gasteiger partial charge in [-0.2, -0.15) is 0 Å². The number of aromatic nitrogens is 1. The Bertz CT molecular complexity index is 1020. The number of halogens is 2. The Labute approximate surface area is 150 Å². The van der Waals surface area contributed by atoms with Crippen molar-refractivity contribution in [2.75, 3.05) is 5.32 Å². The molecule has 132 valence electrons. The van der Waals surface area contributed by atoms with Crippen LogP contribution < -0.4 is 5.32 Å². The Morgan fingerprint density at radius 2 is 1.96 bits per heavy atom. The molecule has 1 amide bonds. The molecule has 0 atom stereocenters. The average Bonchev–Trinajstić information content (AvgIpc) is 3.05. The van der Waals surface area contributed by atoms with Crippen LogP contribution in [0.25, 0.3) is 11.3 Å². The third-order valence-electron chi connectivity index (χ3n) is 3.61. The number of rotatable bonds is 4. The zero-order chi connectivity index (χ0) is 18.8. The Morgan fingerprint density at radius 3 is 2.65 bits per heavy atom. The third kappa shape index (κ3) is 3.57. The topological polar surface area (TPSA) is 85.1 Å². The van der Waals surface area contributed by atoms with Gasteiger partial charge in [-0.05, 0) is 31.2 Å². The van der Waals surface area contributed by atoms with Crippen molar-refractivity contribution in [3.05, 3.63) is 74.7 Å². The quantitative estimate of drug-likeness (QED) is 0.535. The number of nitrogens with one attached hydrogen (secondary N) is 1. The highest BCUT2D eigenvalue weighted by atomic mass is 32.1. The van der Waals surface area contributed by atoms with Gasteiger partial charge in [0.1, 0.15) is 0 Å². The van der Waals surface area contributed by atoms with Gasteiger partial charge in [-0.25, -0.2) is 13.8 Å². The highest BCUT2D eigenvalue weighted by Gasteiger charge is 2.16. The lowest BCUT2D eigenvalue weighted by molar-refractivity contribution is -0.385. The Hall–Kier alpha value is -3.20. The Kier molecular flexibility index (Phi) is 4.72. The second-order valence-electron chi connectivity index (χ2n) is 5.38. The minimum atomic E-state index is -0.993. The SMILES string of the molecule is Cc1ccc(C(=O)Nc2nc(-c3ccc(F)c(F)c3)cs2)cc1[N+](=O)[O-]. The van der Waals surface area contributed by atoms with Crippen LogP contribution >= 0.6 is 11.3 Å². The number of benzene rings is 2. The molecule has 3 aromatic rings. The maximum atomic E-state index is 13.3. The zero-order valence-corrected chi connectivity index (χ0v) is 14.1. The number of hydrogen-bond acceptors (Lipinski definition) is 5. The van der Waals surface area contributed by atoms with Crippen LogP contribution in [0.15, 0.2) is 41.8 Å². The van der Waals surface area contributed by atoms with Gasteiger partial charge in [0, 0.05) is 28.1 Å². The van der Waals surface area contributed by atoms with Crippen LogP contribution in [0.1, 0.15) is 15.9 Å². The largest absolute Gasteiger partial charge is 0.298 e. The molecule has 1 N–H and O–H groups in total. The summed E-state index contributed by atoms with van der Waals surface area (Å²) < 4.78 is 26.3. The minimum Gasteiger partial charge on any atom is -0.298 e. The number of carbonyl (C=O) groups excluding carboxylic acids is 1. The van der Waals surface area contributed by atoms with Crippen molar-refractivity contribution in [2.24, 2.45) is 0 Å². The second kappa shape index (κ2) is 6.96. The van der Waals surface area contributed by atoms with Crippen molar-refractivity contribution in [2.45, 2.75) is 6.92 Å². The predicted molar refractivity (Wildman–Crippen MR) is 93.3 cm³/mol. The van der Waals surface area contributed by atoms with Crippen LogP contribution in [0.4, 0.5) is 19.6 Å². The monoisotopic (exact) mass is 375 g/mol. The summed E-state index contributed by atoms with van der Waals surface area (Å²) in [4.78, 5) is 26.8. The number of aryl methyl sites for hydroxylation is 1. The highest BCUT2D eigenvalue weighted by molar-refractivity contribution is 7.14. The number of hydrogen-bond donors (Lipinski definition) is 1. The maximum absolute atomic E-state index is 13.3. The molecule has 0 aliphatic carbocycles. The molecule has 0 unspecified atom stereocenters. The van der Waals surface area contributed by atoms with Crippen molar-refractivity contribution >= 4 is 28.1 Å². The van der Waals surface area contributed by atoms with Crippen molar-refractivity contribution in [1.29, 1.82) is 0 Å². The molecular formula is C17H11F2N3O3S. The molecular weight excluding hydrogens is 364 g/mol. The van der Waals surface area contributed by atoms with Crippen molar-refractivity contribution in [3.8, 4) is 11.3 Å². The van der Waals surface area contributed by atoms with Gasteiger partial charge in [0.25, 0.3) is 11.6 Å². The molecule has 9 heteroatoms. The lowest BCUT2D eigenvalue weighted by atomic mass is 10.1. The fourth-order valence-corrected chi connectivity index (χ4v) is 2.95. The van der Waals surface area contributed by atoms with Gasteiger partial charge in [-0.1, -0.05) is 6.07 Å². The molecule has 1 heterocycles. The number of thiazole rings is 1. The maximum Gasteiger partial charge on any atom is 0.273 e. The number of nitro groups is 1. The summed E-state index contributed by atoms with van der Waals surface area (Å²) in [5, 5.41) is 15.3. The van der Waals surface area contributed by atoms with Gasteiger partial charge in [0.2, 0.25) is 0 Å². The summed E-state index contributed by atoms with van der Waals surface area (Å²) in [6.07, 6.45) is 0. The van der Waals surface area contributed by atoms with Gasteiger partial charge < -0.3 is 0 Å². The number of nitro benzene ring substituents is 1. The summed E-state index contributed by atoms with van der Waals surface area (Å²) in [6.45, 7) is 1.58. The molecule has 0 bridgehead atoms. The van der Waals surface area contributed by atoms with E-state index < -0.39 is 22.5 Å². The Morgan fingerprint density at radius 1 is 1.19 bits per heavy atom. The van der Waals surface area contributed by atoms with Gasteiger partial charge >= 0.3 is 0 Å². The summed E-state index contributed by atoms with van der Waals surface area (Å²) in [5.41, 5.74) is 1.15. The van der Waals surface area contributed by atoms with Crippen LogP contribution in [0.3, 0.4) is 0 Å². The van der Waals surface area contributed by atoms with Crippen molar-refractivity contribution < 1.29 is 18.5 Å². The van der Waals surface area contributed by atoms with Crippen LogP contribution in [0.2, 0.25) is 0 Å². The van der Waals surface area contributed by atoms with Crippen LogP contribution in [-0.4, -0.2) is 15.8 Å². The molecule has 6 nitrogen and oxygen atoms in total. The fraction of sp³-hybridized carbons (Fsp3) is 0.0588. The molecule has 1 aromatic heterocycles. The second-order valence-corrected chi connectivity index (χ2v) is 6.24. The number of amides is 1. The molecule has 0 saturated heterocycles. The van der Waals surface area contributed by atoms with Crippen LogP contribution in [0.5, 0.6) is 0 Å². The highest BCUT2D eigenvalue weighted by Crippen LogP contribution is 2.27. The zero-order valence-electron chi connectivity index (χ0n) is 13.3. The van der Waals surface area contributed by atoms with E-state index in [9.17, 15) is 23.7 Å². The number of nitrogens with zero attached hydrogens (tertiary/aromatic N) is 2. The average molecular weight is 375 g/mol. The molecule has 0 fully saturated rings. The molecule has 26 heavy (non-hydrogen) atoms. The van der Waals surface area contributed by atoms with E-state index in [1.54, 1.807) is 12.3 Å². The van der Waals surface area contributed by atoms with Crippen molar-refractivity contribution in [1.82, 2.24) is 4.98 Å². The molecule has 0 spiro atoms. The van der Waals surface area contributed by atoms with E-state index in [1.807, 2.05) is 0 Å². The first-order chi connectivity index (χ1) is 12.3. The van der Waals surface area contributed by atoms with Gasteiger partial charge in [-0.15, -0.1) is 11.3 Å². The molecule has 0 aliphatic rings. The summed E-state index contributed by atoms with van der Waals surface area (Å²) in [7, 11) is 0. The Balaban J connectivity index is 1.81. The summed E-state index contributed by atoms with van der Waals surface area (Å²) in [6, 6.07) is 7.53. The summed E-state index contributed by atoms with van der Waals surface area (Å²) >= 11 is 1.10. The van der Waals surface area contributed by atoms with E-state index in [-0.39, 0.29) is 16.4 Å². The van der Waals surface area contributed by atoms with Crippen LogP contribution in [-0.2, 0) is 0 Å². The van der Waals surface area contributed by atoms with E-state index in [0.29, 0.717) is 16.8 Å². The lowest BCUT2D eigenvalue weighted by Gasteiger charge is -2.03. The normalized spacial score (nSPS) is 10.6. The first kappa shape index (κ1) is 17.6. The number of anilines is 1. The first-order valence-electron chi connectivity index (χ1n) is 7.32. The fourth-order valence-electron chi connectivity index (χ4n) is 2.24. The minimum absolute atomic E-state index is 0.117. The predicted octanol–water partition coefficient (Wildman–Crippen LogP) is 4.56. The van der Waals surface area contributed by atoms with Gasteiger partial charge in [-0.3, -0.25) is 20.2 Å². The molecule has 0 radical (unpaired) electrons. The van der Waals surface area contributed by atoms with Crippen LogP contribution in [0, 0.1) is 28.7 Å². The van der Waals surface area contributed by atoms with E-state index in [4.69, 9.17) is 0 Å². The third-order valence-corrected chi connectivity index (χ3v) is 4.37. The van der Waals surface area contributed by atoms with E-state index in [0.717, 1.165) is 23.5 Å². The molecule has 0 aliphatic heterocycles. The van der Waals surface area contributed by atoms with Gasteiger partial charge in [0.15, 0.2) is 16.8 Å². The smallest absolute Gasteiger partial charge is 0.273 e. The standard InChI is InChI=1S/C17H11F2N3O3S/c1-9-2-3-11(7-15(9)22(24)25)16(23)21-17-20-14(8-26-17)10-4-5-12(18)13(19)6-10/h2-8H,1H3,(H,20,21,23). The first-order valence-corrected chi connectivity index (χ1v) is 8.20. The molecule has 0 saturated carbocycles.